The molecule has 0 amide bonds. The zero-order valence-corrected chi connectivity index (χ0v) is 26.8. The first-order chi connectivity index (χ1) is 26.9. The van der Waals surface area contributed by atoms with Gasteiger partial charge in [0.15, 0.2) is 23.1 Å². The molecule has 4 heterocycles. The lowest BCUT2D eigenvalue weighted by atomic mass is 10.1. The normalized spacial score (nSPS) is 13.0. The first-order valence-corrected chi connectivity index (χ1v) is 16.6. The van der Waals surface area contributed by atoms with Crippen molar-refractivity contribution in [3.8, 4) is 39.9 Å². The van der Waals surface area contributed by atoms with Crippen LogP contribution < -0.4 is 0 Å². The van der Waals surface area contributed by atoms with Crippen molar-refractivity contribution in [1.82, 2.24) is 19.5 Å². The second-order valence-corrected chi connectivity index (χ2v) is 12.5. The lowest BCUT2D eigenvalue weighted by molar-refractivity contribution is 0.666. The number of rotatable bonds is 4. The fraction of sp³-hybridized carbons (Fsp3) is 0. The molecule has 11 aromatic rings. The molecular formula is C45H26N4O2. The average Bonchev–Trinajstić information content (AvgIpc) is 3.87. The fourth-order valence-corrected chi connectivity index (χ4v) is 7.30. The summed E-state index contributed by atoms with van der Waals surface area (Å²) in [7, 11) is 0. The minimum absolute atomic E-state index is 0.152. The lowest BCUT2D eigenvalue weighted by Crippen LogP contribution is -2.00. The Morgan fingerprint density at radius 2 is 1.16 bits per heavy atom. The third-order valence-corrected chi connectivity index (χ3v) is 9.58. The standard InChI is InChI=1S/C45H26N4O2/c1-2-12-27(13-3-1)43-46-44(48-45(47-43)34-18-11-23-39-41(34)33-16-6-9-22-38(33)50-39)28-24-25-31-32-17-10-21-37(42(32)51-40(31)26-28)49-35-19-7-4-14-29(35)30-15-5-8-20-36(30)49/h1-26H/i4D,5D,19D,20D. The van der Waals surface area contributed by atoms with E-state index in [0.717, 1.165) is 49.4 Å². The van der Waals surface area contributed by atoms with Crippen LogP contribution >= 0.6 is 0 Å². The van der Waals surface area contributed by atoms with Crippen LogP contribution in [0.15, 0.2) is 166 Å². The quantitative estimate of drug-likeness (QED) is 0.188. The Labute approximate surface area is 296 Å². The molecule has 0 aliphatic carbocycles. The van der Waals surface area contributed by atoms with E-state index < -0.39 is 0 Å². The summed E-state index contributed by atoms with van der Waals surface area (Å²) >= 11 is 0. The van der Waals surface area contributed by atoms with Gasteiger partial charge in [0.25, 0.3) is 0 Å². The van der Waals surface area contributed by atoms with Crippen LogP contribution in [0.4, 0.5) is 0 Å². The molecule has 0 fully saturated rings. The van der Waals surface area contributed by atoms with Crippen LogP contribution in [-0.2, 0) is 0 Å². The van der Waals surface area contributed by atoms with Gasteiger partial charge in [-0.2, -0.15) is 0 Å². The topological polar surface area (TPSA) is 69.9 Å². The maximum atomic E-state index is 8.92. The number of furan rings is 2. The van der Waals surface area contributed by atoms with Gasteiger partial charge in [0.2, 0.25) is 0 Å². The molecule has 0 aliphatic rings. The second-order valence-electron chi connectivity index (χ2n) is 12.5. The van der Waals surface area contributed by atoms with Crippen molar-refractivity contribution in [2.45, 2.75) is 0 Å². The predicted molar refractivity (Wildman–Crippen MR) is 205 cm³/mol. The zero-order valence-electron chi connectivity index (χ0n) is 30.8. The van der Waals surface area contributed by atoms with E-state index in [4.69, 9.17) is 29.3 Å². The summed E-state index contributed by atoms with van der Waals surface area (Å²) in [6.45, 7) is 0. The molecule has 0 saturated carbocycles. The van der Waals surface area contributed by atoms with Gasteiger partial charge in [-0.15, -0.1) is 0 Å². The van der Waals surface area contributed by atoms with Gasteiger partial charge in [0.05, 0.1) is 22.2 Å². The van der Waals surface area contributed by atoms with E-state index in [1.807, 2.05) is 114 Å². The molecule has 6 heteroatoms. The molecule has 238 valence electrons. The Morgan fingerprint density at radius 1 is 0.471 bits per heavy atom. The monoisotopic (exact) mass is 658 g/mol. The van der Waals surface area contributed by atoms with Crippen molar-refractivity contribution in [3.63, 3.8) is 0 Å². The van der Waals surface area contributed by atoms with Gasteiger partial charge in [0, 0.05) is 49.0 Å². The van der Waals surface area contributed by atoms with Gasteiger partial charge < -0.3 is 13.4 Å². The molecular weight excluding hydrogens is 629 g/mol. The molecule has 4 aromatic heterocycles. The van der Waals surface area contributed by atoms with Gasteiger partial charge in [-0.25, -0.2) is 15.0 Å². The maximum Gasteiger partial charge on any atom is 0.164 e. The highest BCUT2D eigenvalue weighted by Crippen LogP contribution is 2.40. The van der Waals surface area contributed by atoms with E-state index in [0.29, 0.717) is 56.1 Å². The first-order valence-electron chi connectivity index (χ1n) is 18.6. The van der Waals surface area contributed by atoms with Crippen LogP contribution in [0.3, 0.4) is 0 Å². The summed E-state index contributed by atoms with van der Waals surface area (Å²) in [4.78, 5) is 15.1. The number of fused-ring (bicyclic) bond motifs is 9. The van der Waals surface area contributed by atoms with Crippen molar-refractivity contribution >= 4 is 65.7 Å². The van der Waals surface area contributed by atoms with E-state index in [1.165, 1.54) is 12.1 Å². The second kappa shape index (κ2) is 10.7. The van der Waals surface area contributed by atoms with Gasteiger partial charge >= 0.3 is 0 Å². The smallest absolute Gasteiger partial charge is 0.164 e. The number of hydrogen-bond acceptors (Lipinski definition) is 5. The van der Waals surface area contributed by atoms with Crippen molar-refractivity contribution < 1.29 is 14.3 Å². The Kier molecular flexibility index (Phi) is 5.08. The first kappa shape index (κ1) is 24.1. The van der Waals surface area contributed by atoms with Crippen LogP contribution in [-0.4, -0.2) is 19.5 Å². The summed E-state index contributed by atoms with van der Waals surface area (Å²) in [5.41, 5.74) is 6.91. The molecule has 0 N–H and O–H groups in total. The predicted octanol–water partition coefficient (Wildman–Crippen LogP) is 11.8. The number of aromatic nitrogens is 4. The van der Waals surface area contributed by atoms with E-state index in [2.05, 4.69) is 0 Å². The van der Waals surface area contributed by atoms with Crippen LogP contribution in [0.2, 0.25) is 0 Å². The fourth-order valence-electron chi connectivity index (χ4n) is 7.30. The molecule has 0 atom stereocenters. The molecule has 0 radical (unpaired) electrons. The molecule has 0 aliphatic heterocycles. The minimum atomic E-state index is 0.152. The average molecular weight is 659 g/mol. The van der Waals surface area contributed by atoms with Crippen molar-refractivity contribution in [3.05, 3.63) is 158 Å². The third-order valence-electron chi connectivity index (χ3n) is 9.58. The summed E-state index contributed by atoms with van der Waals surface area (Å²) in [6, 6.07) is 42.6. The largest absolute Gasteiger partial charge is 0.456 e. The van der Waals surface area contributed by atoms with Gasteiger partial charge in [-0.05, 0) is 42.4 Å². The summed E-state index contributed by atoms with van der Waals surface area (Å²) in [5.74, 6) is 1.53. The van der Waals surface area contributed by atoms with Crippen LogP contribution in [0, 0.1) is 0 Å². The Balaban J connectivity index is 1.13. The molecule has 51 heavy (non-hydrogen) atoms. The van der Waals surface area contributed by atoms with Gasteiger partial charge in [0.1, 0.15) is 16.7 Å². The summed E-state index contributed by atoms with van der Waals surface area (Å²) < 4.78 is 49.3. The van der Waals surface area contributed by atoms with Crippen LogP contribution in [0.1, 0.15) is 5.48 Å². The highest BCUT2D eigenvalue weighted by Gasteiger charge is 2.20. The number of hydrogen-bond donors (Lipinski definition) is 0. The van der Waals surface area contributed by atoms with Gasteiger partial charge in [-0.1, -0.05) is 115 Å². The lowest BCUT2D eigenvalue weighted by Gasteiger charge is -2.09. The Bertz CT molecular complexity index is 3320. The molecule has 0 bridgehead atoms. The van der Waals surface area contributed by atoms with E-state index >= 15 is 0 Å². The zero-order chi connectivity index (χ0) is 36.9. The van der Waals surface area contributed by atoms with E-state index in [9.17, 15) is 0 Å². The van der Waals surface area contributed by atoms with Crippen molar-refractivity contribution in [2.75, 3.05) is 0 Å². The molecule has 11 rings (SSSR count). The Hall–Kier alpha value is -7.05. The maximum absolute atomic E-state index is 8.92. The summed E-state index contributed by atoms with van der Waals surface area (Å²) in [6.07, 6.45) is 0. The van der Waals surface area contributed by atoms with Crippen LogP contribution in [0.5, 0.6) is 0 Å². The Morgan fingerprint density at radius 3 is 1.98 bits per heavy atom. The van der Waals surface area contributed by atoms with Crippen molar-refractivity contribution in [1.29, 1.82) is 0 Å². The highest BCUT2D eigenvalue weighted by molar-refractivity contribution is 6.14. The molecule has 0 spiro atoms. The van der Waals surface area contributed by atoms with E-state index in [-0.39, 0.29) is 24.2 Å². The molecule has 0 unspecified atom stereocenters. The molecule has 0 saturated heterocycles. The van der Waals surface area contributed by atoms with E-state index in [1.54, 1.807) is 12.1 Å². The van der Waals surface area contributed by atoms with Crippen LogP contribution in [0.25, 0.3) is 106 Å². The third kappa shape index (κ3) is 4.20. The van der Waals surface area contributed by atoms with Crippen molar-refractivity contribution in [2.24, 2.45) is 0 Å². The SMILES string of the molecule is [2H]c1cc([2H])c2c(c1)c1cc([2H])cc([2H])c1n2-c1cccc2c1oc1cc(-c3nc(-c4ccccc4)nc(-c4cccc5oc6ccccc6c45)n3)ccc12. The number of benzene rings is 7. The number of para-hydroxylation sites is 4. The summed E-state index contributed by atoms with van der Waals surface area (Å²) in [5, 5.41) is 4.95. The number of nitrogens with zero attached hydrogens (tertiary/aromatic N) is 4. The minimum Gasteiger partial charge on any atom is -0.456 e. The van der Waals surface area contributed by atoms with Gasteiger partial charge in [-0.3, -0.25) is 0 Å². The highest BCUT2D eigenvalue weighted by atomic mass is 16.3. The molecule has 6 nitrogen and oxygen atoms in total. The molecule has 7 aromatic carbocycles.